The number of nitriles is 1. The van der Waals surface area contributed by atoms with Crippen LogP contribution in [0.4, 0.5) is 15.8 Å². The lowest BCUT2D eigenvalue weighted by atomic mass is 10.1. The summed E-state index contributed by atoms with van der Waals surface area (Å²) >= 11 is 3.33. The molecule has 2 nitrogen and oxygen atoms in total. The third-order valence-electron chi connectivity index (χ3n) is 2.50. The number of nitrogens with one attached hydrogen (secondary N) is 1. The molecule has 0 fully saturated rings. The standard InChI is InChI=1S/C14H10BrFN2/c1-9-2-5-13(12(16)6-9)18-14-7-11(15)4-3-10(14)8-17/h2-7,18H,1H3. The highest BCUT2D eigenvalue weighted by molar-refractivity contribution is 9.10. The van der Waals surface area contributed by atoms with Crippen LogP contribution in [-0.2, 0) is 0 Å². The van der Waals surface area contributed by atoms with Crippen molar-refractivity contribution in [2.75, 3.05) is 5.32 Å². The molecule has 0 aliphatic heterocycles. The van der Waals surface area contributed by atoms with Crippen LogP contribution in [0.2, 0.25) is 0 Å². The third-order valence-corrected chi connectivity index (χ3v) is 2.99. The Balaban J connectivity index is 2.40. The quantitative estimate of drug-likeness (QED) is 0.886. The fraction of sp³-hybridized carbons (Fsp3) is 0.0714. The molecule has 0 heterocycles. The summed E-state index contributed by atoms with van der Waals surface area (Å²) in [6, 6.07) is 12.2. The first-order chi connectivity index (χ1) is 8.60. The van der Waals surface area contributed by atoms with Gasteiger partial charge >= 0.3 is 0 Å². The molecule has 0 amide bonds. The molecule has 0 spiro atoms. The summed E-state index contributed by atoms with van der Waals surface area (Å²) in [6.07, 6.45) is 0. The van der Waals surface area contributed by atoms with Crippen molar-refractivity contribution < 1.29 is 4.39 Å². The van der Waals surface area contributed by atoms with Crippen LogP contribution in [0.25, 0.3) is 0 Å². The van der Waals surface area contributed by atoms with Crippen molar-refractivity contribution in [2.24, 2.45) is 0 Å². The number of anilines is 2. The van der Waals surface area contributed by atoms with E-state index >= 15 is 0 Å². The minimum Gasteiger partial charge on any atom is -0.352 e. The van der Waals surface area contributed by atoms with Gasteiger partial charge in [-0.3, -0.25) is 0 Å². The molecule has 0 atom stereocenters. The van der Waals surface area contributed by atoms with Gasteiger partial charge in [0.05, 0.1) is 16.9 Å². The summed E-state index contributed by atoms with van der Waals surface area (Å²) in [5, 5.41) is 11.9. The molecule has 0 aliphatic carbocycles. The van der Waals surface area contributed by atoms with E-state index in [1.54, 1.807) is 24.3 Å². The van der Waals surface area contributed by atoms with E-state index in [4.69, 9.17) is 5.26 Å². The Hall–Kier alpha value is -1.86. The molecule has 2 aromatic carbocycles. The summed E-state index contributed by atoms with van der Waals surface area (Å²) in [6.45, 7) is 1.83. The molecule has 0 radical (unpaired) electrons. The number of halogens is 2. The molecule has 0 saturated carbocycles. The minimum absolute atomic E-state index is 0.334. The predicted molar refractivity (Wildman–Crippen MR) is 73.3 cm³/mol. The normalized spacial score (nSPS) is 9.89. The molecule has 0 saturated heterocycles. The molecule has 0 aliphatic rings. The van der Waals surface area contributed by atoms with Gasteiger partial charge < -0.3 is 5.32 Å². The van der Waals surface area contributed by atoms with Crippen molar-refractivity contribution in [3.8, 4) is 6.07 Å². The van der Waals surface area contributed by atoms with E-state index in [2.05, 4.69) is 27.3 Å². The summed E-state index contributed by atoms with van der Waals surface area (Å²) in [7, 11) is 0. The van der Waals surface area contributed by atoms with Crippen molar-refractivity contribution >= 4 is 27.3 Å². The molecule has 2 aromatic rings. The lowest BCUT2D eigenvalue weighted by molar-refractivity contribution is 0.630. The molecule has 1 N–H and O–H groups in total. The first-order valence-corrected chi connectivity index (χ1v) is 6.12. The van der Waals surface area contributed by atoms with Gasteiger partial charge in [-0.1, -0.05) is 22.0 Å². The SMILES string of the molecule is Cc1ccc(Nc2cc(Br)ccc2C#N)c(F)c1. The van der Waals surface area contributed by atoms with Gasteiger partial charge in [0, 0.05) is 4.47 Å². The van der Waals surface area contributed by atoms with Crippen LogP contribution in [0, 0.1) is 24.1 Å². The zero-order chi connectivity index (χ0) is 13.1. The first-order valence-electron chi connectivity index (χ1n) is 5.33. The van der Waals surface area contributed by atoms with E-state index in [0.717, 1.165) is 10.0 Å². The molecule has 4 heteroatoms. The van der Waals surface area contributed by atoms with Gasteiger partial charge in [-0.05, 0) is 42.8 Å². The van der Waals surface area contributed by atoms with Crippen LogP contribution in [-0.4, -0.2) is 0 Å². The van der Waals surface area contributed by atoms with E-state index in [9.17, 15) is 4.39 Å². The molecule has 0 unspecified atom stereocenters. The highest BCUT2D eigenvalue weighted by atomic mass is 79.9. The van der Waals surface area contributed by atoms with Gasteiger partial charge in [0.1, 0.15) is 11.9 Å². The van der Waals surface area contributed by atoms with Crippen molar-refractivity contribution in [3.63, 3.8) is 0 Å². The Bertz CT molecular complexity index is 632. The molecular weight excluding hydrogens is 295 g/mol. The maximum Gasteiger partial charge on any atom is 0.146 e. The molecule has 0 aromatic heterocycles. The summed E-state index contributed by atoms with van der Waals surface area (Å²) < 4.78 is 14.5. The minimum atomic E-state index is -0.334. The number of nitrogens with zero attached hydrogens (tertiary/aromatic N) is 1. The van der Waals surface area contributed by atoms with Gasteiger partial charge in [-0.25, -0.2) is 4.39 Å². The van der Waals surface area contributed by atoms with Gasteiger partial charge in [0.15, 0.2) is 0 Å². The highest BCUT2D eigenvalue weighted by Gasteiger charge is 2.06. The van der Waals surface area contributed by atoms with Gasteiger partial charge in [-0.2, -0.15) is 5.26 Å². The number of benzene rings is 2. The second-order valence-electron chi connectivity index (χ2n) is 3.91. The maximum absolute atomic E-state index is 13.7. The summed E-state index contributed by atoms with van der Waals surface area (Å²) in [4.78, 5) is 0. The van der Waals surface area contributed by atoms with Crippen LogP contribution in [0.5, 0.6) is 0 Å². The van der Waals surface area contributed by atoms with E-state index in [1.807, 2.05) is 13.0 Å². The Kier molecular flexibility index (Phi) is 3.63. The predicted octanol–water partition coefficient (Wildman–Crippen LogP) is 4.51. The monoisotopic (exact) mass is 304 g/mol. The highest BCUT2D eigenvalue weighted by Crippen LogP contribution is 2.26. The van der Waals surface area contributed by atoms with Crippen LogP contribution in [0.15, 0.2) is 40.9 Å². The Morgan fingerprint density at radius 1 is 1.17 bits per heavy atom. The Morgan fingerprint density at radius 2 is 1.94 bits per heavy atom. The summed E-state index contributed by atoms with van der Waals surface area (Å²) in [5.74, 6) is -0.334. The third kappa shape index (κ3) is 2.69. The molecule has 0 bridgehead atoms. The van der Waals surface area contributed by atoms with Crippen molar-refractivity contribution in [2.45, 2.75) is 6.92 Å². The topological polar surface area (TPSA) is 35.8 Å². The van der Waals surface area contributed by atoms with E-state index < -0.39 is 0 Å². The van der Waals surface area contributed by atoms with Gasteiger partial charge in [-0.15, -0.1) is 0 Å². The molecule has 90 valence electrons. The second kappa shape index (κ2) is 5.19. The smallest absolute Gasteiger partial charge is 0.146 e. The lowest BCUT2D eigenvalue weighted by Crippen LogP contribution is -1.96. The maximum atomic E-state index is 13.7. The van der Waals surface area contributed by atoms with Gasteiger partial charge in [0.25, 0.3) is 0 Å². The van der Waals surface area contributed by atoms with Crippen molar-refractivity contribution in [3.05, 3.63) is 57.8 Å². The van der Waals surface area contributed by atoms with Crippen LogP contribution >= 0.6 is 15.9 Å². The fourth-order valence-electron chi connectivity index (χ4n) is 1.58. The molecular formula is C14H10BrFN2. The number of hydrogen-bond donors (Lipinski definition) is 1. The zero-order valence-electron chi connectivity index (χ0n) is 9.67. The zero-order valence-corrected chi connectivity index (χ0v) is 11.3. The van der Waals surface area contributed by atoms with E-state index in [-0.39, 0.29) is 5.82 Å². The van der Waals surface area contributed by atoms with Crippen LogP contribution in [0.3, 0.4) is 0 Å². The average molecular weight is 305 g/mol. The lowest BCUT2D eigenvalue weighted by Gasteiger charge is -2.10. The average Bonchev–Trinajstić information content (AvgIpc) is 2.33. The second-order valence-corrected chi connectivity index (χ2v) is 4.83. The van der Waals surface area contributed by atoms with Crippen LogP contribution in [0.1, 0.15) is 11.1 Å². The number of rotatable bonds is 2. The van der Waals surface area contributed by atoms with E-state index in [1.165, 1.54) is 6.07 Å². The molecule has 2 rings (SSSR count). The Labute approximate surface area is 113 Å². The fourth-order valence-corrected chi connectivity index (χ4v) is 1.95. The Morgan fingerprint density at radius 3 is 2.61 bits per heavy atom. The van der Waals surface area contributed by atoms with Gasteiger partial charge in [0.2, 0.25) is 0 Å². The summed E-state index contributed by atoms with van der Waals surface area (Å²) in [5.41, 5.74) is 2.26. The van der Waals surface area contributed by atoms with Crippen LogP contribution < -0.4 is 5.32 Å². The first kappa shape index (κ1) is 12.6. The van der Waals surface area contributed by atoms with Crippen molar-refractivity contribution in [1.29, 1.82) is 5.26 Å². The number of hydrogen-bond acceptors (Lipinski definition) is 2. The van der Waals surface area contributed by atoms with Crippen molar-refractivity contribution in [1.82, 2.24) is 0 Å². The number of aryl methyl sites for hydroxylation is 1. The van der Waals surface area contributed by atoms with E-state index in [0.29, 0.717) is 16.9 Å². The largest absolute Gasteiger partial charge is 0.352 e. The molecule has 18 heavy (non-hydrogen) atoms.